The maximum absolute atomic E-state index is 5.17. The highest BCUT2D eigenvalue weighted by Gasteiger charge is 2.43. The first-order chi connectivity index (χ1) is 6.79. The van der Waals surface area contributed by atoms with E-state index in [1.165, 1.54) is 12.8 Å². The summed E-state index contributed by atoms with van der Waals surface area (Å²) in [5.74, 6) is 0. The van der Waals surface area contributed by atoms with Crippen molar-refractivity contribution in [3.63, 3.8) is 0 Å². The van der Waals surface area contributed by atoms with Crippen molar-refractivity contribution in [1.82, 2.24) is 4.57 Å². The van der Waals surface area contributed by atoms with E-state index >= 15 is 0 Å². The van der Waals surface area contributed by atoms with Crippen LogP contribution in [0.1, 0.15) is 12.8 Å². The van der Waals surface area contributed by atoms with Crippen LogP contribution in [0, 0.1) is 0 Å². The van der Waals surface area contributed by atoms with Gasteiger partial charge >= 0.3 is 0 Å². The Bertz CT molecular complexity index is 240. The van der Waals surface area contributed by atoms with Crippen molar-refractivity contribution in [1.29, 1.82) is 0 Å². The molecule has 0 bridgehead atoms. The summed E-state index contributed by atoms with van der Waals surface area (Å²) in [7, 11) is 5.02. The lowest BCUT2D eigenvalue weighted by Gasteiger charge is -2.15. The van der Waals surface area contributed by atoms with Crippen LogP contribution in [0.15, 0.2) is 24.5 Å². The molecule has 0 aliphatic heterocycles. The minimum absolute atomic E-state index is 0.318. The third kappa shape index (κ3) is 2.59. The van der Waals surface area contributed by atoms with Crippen LogP contribution in [0.4, 0.5) is 0 Å². The molecule has 0 amide bonds. The zero-order valence-electron chi connectivity index (χ0n) is 9.19. The van der Waals surface area contributed by atoms with Gasteiger partial charge in [0, 0.05) is 33.7 Å². The molecule has 1 aromatic heterocycles. The molecule has 14 heavy (non-hydrogen) atoms. The average Bonchev–Trinajstić information content (AvgIpc) is 2.76. The Labute approximate surface area is 85.6 Å². The third-order valence-electron chi connectivity index (χ3n) is 2.39. The van der Waals surface area contributed by atoms with Gasteiger partial charge in [0.15, 0.2) is 0 Å². The molecule has 1 heterocycles. The fourth-order valence-corrected chi connectivity index (χ4v) is 1.54. The molecule has 0 N–H and O–H groups in total. The van der Waals surface area contributed by atoms with Gasteiger partial charge in [-0.3, -0.25) is 0 Å². The smallest absolute Gasteiger partial charge is 0.0698 e. The summed E-state index contributed by atoms with van der Waals surface area (Å²) in [6.07, 6.45) is 6.75. The van der Waals surface area contributed by atoms with Crippen molar-refractivity contribution in [3.8, 4) is 0 Å². The summed E-state index contributed by atoms with van der Waals surface area (Å²) in [5.41, 5.74) is 0.318. The van der Waals surface area contributed by atoms with E-state index in [1.54, 1.807) is 21.3 Å². The van der Waals surface area contributed by atoms with Crippen molar-refractivity contribution in [2.75, 3.05) is 27.9 Å². The van der Waals surface area contributed by atoms with E-state index in [2.05, 4.69) is 33.8 Å². The fraction of sp³-hybridized carbons (Fsp3) is 0.636. The molecule has 0 saturated heterocycles. The zero-order valence-corrected chi connectivity index (χ0v) is 9.19. The minimum Gasteiger partial charge on any atom is -0.388 e. The highest BCUT2D eigenvalue weighted by atomic mass is 16.5. The molecule has 1 aliphatic rings. The van der Waals surface area contributed by atoms with Gasteiger partial charge in [-0.2, -0.15) is 0 Å². The minimum atomic E-state index is 0.318. The Kier molecular flexibility index (Phi) is 4.17. The topological polar surface area (TPSA) is 23.4 Å². The Morgan fingerprint density at radius 2 is 1.64 bits per heavy atom. The van der Waals surface area contributed by atoms with Crippen LogP contribution in [-0.2, 0) is 15.0 Å². The van der Waals surface area contributed by atoms with E-state index in [1.807, 2.05) is 0 Å². The van der Waals surface area contributed by atoms with Crippen LogP contribution >= 0.6 is 0 Å². The van der Waals surface area contributed by atoms with Crippen LogP contribution in [0.5, 0.6) is 0 Å². The number of hydrogen-bond donors (Lipinski definition) is 0. The lowest BCUT2D eigenvalue weighted by atomic mass is 10.3. The summed E-state index contributed by atoms with van der Waals surface area (Å²) >= 11 is 0. The molecule has 1 aromatic rings. The van der Waals surface area contributed by atoms with Gasteiger partial charge < -0.3 is 14.0 Å². The Balaban J connectivity index is 0.000000293. The molecule has 3 heteroatoms. The van der Waals surface area contributed by atoms with E-state index in [0.29, 0.717) is 5.54 Å². The maximum atomic E-state index is 5.17. The Morgan fingerprint density at radius 3 is 2.00 bits per heavy atom. The van der Waals surface area contributed by atoms with Crippen LogP contribution in [0.2, 0.25) is 0 Å². The number of rotatable bonds is 3. The van der Waals surface area contributed by atoms with Crippen LogP contribution < -0.4 is 0 Å². The Hall–Kier alpha value is -0.800. The van der Waals surface area contributed by atoms with Crippen molar-refractivity contribution >= 4 is 0 Å². The Morgan fingerprint density at radius 1 is 1.14 bits per heavy atom. The number of ether oxygens (including phenoxy) is 2. The SMILES string of the molecule is COC.COCC1(n2cccc2)CC1. The van der Waals surface area contributed by atoms with Gasteiger partial charge in [-0.1, -0.05) is 0 Å². The van der Waals surface area contributed by atoms with Crippen LogP contribution in [-0.4, -0.2) is 32.5 Å². The van der Waals surface area contributed by atoms with Gasteiger partial charge in [0.1, 0.15) is 0 Å². The molecule has 0 radical (unpaired) electrons. The first kappa shape index (κ1) is 11.3. The molecule has 2 rings (SSSR count). The van der Waals surface area contributed by atoms with Crippen molar-refractivity contribution < 1.29 is 9.47 Å². The molecule has 0 aromatic carbocycles. The summed E-state index contributed by atoms with van der Waals surface area (Å²) in [6, 6.07) is 4.13. The summed E-state index contributed by atoms with van der Waals surface area (Å²) in [4.78, 5) is 0. The lowest BCUT2D eigenvalue weighted by Crippen LogP contribution is -2.20. The normalized spacial score (nSPS) is 17.1. The van der Waals surface area contributed by atoms with E-state index in [4.69, 9.17) is 4.74 Å². The maximum Gasteiger partial charge on any atom is 0.0698 e. The molecular weight excluding hydrogens is 178 g/mol. The first-order valence-electron chi connectivity index (χ1n) is 4.81. The molecule has 0 unspecified atom stereocenters. The predicted octanol–water partition coefficient (Wildman–Crippen LogP) is 1.89. The molecular formula is C11H19NO2. The second kappa shape index (κ2) is 5.17. The number of nitrogens with zero attached hydrogens (tertiary/aromatic N) is 1. The van der Waals surface area contributed by atoms with Gasteiger partial charge in [-0.05, 0) is 25.0 Å². The lowest BCUT2D eigenvalue weighted by molar-refractivity contribution is 0.144. The van der Waals surface area contributed by atoms with E-state index < -0.39 is 0 Å². The molecule has 1 fully saturated rings. The van der Waals surface area contributed by atoms with Crippen molar-refractivity contribution in [2.24, 2.45) is 0 Å². The van der Waals surface area contributed by atoms with Gasteiger partial charge in [0.05, 0.1) is 12.1 Å². The molecule has 3 nitrogen and oxygen atoms in total. The second-order valence-electron chi connectivity index (χ2n) is 3.66. The summed E-state index contributed by atoms with van der Waals surface area (Å²) in [5, 5.41) is 0. The first-order valence-corrected chi connectivity index (χ1v) is 4.81. The van der Waals surface area contributed by atoms with E-state index in [-0.39, 0.29) is 0 Å². The monoisotopic (exact) mass is 197 g/mol. The highest BCUT2D eigenvalue weighted by Crippen LogP contribution is 2.43. The molecule has 1 aliphatic carbocycles. The number of methoxy groups -OCH3 is 2. The van der Waals surface area contributed by atoms with Crippen LogP contribution in [0.25, 0.3) is 0 Å². The largest absolute Gasteiger partial charge is 0.388 e. The van der Waals surface area contributed by atoms with Gasteiger partial charge in [0.25, 0.3) is 0 Å². The number of aromatic nitrogens is 1. The summed E-state index contributed by atoms with van der Waals surface area (Å²) < 4.78 is 11.7. The van der Waals surface area contributed by atoms with E-state index in [0.717, 1.165) is 6.61 Å². The fourth-order valence-electron chi connectivity index (χ4n) is 1.54. The standard InChI is InChI=1S/C9H13NO.C2H6O/c1-11-8-9(4-5-9)10-6-2-3-7-10;1-3-2/h2-3,6-7H,4-5,8H2,1H3;1-2H3. The molecule has 80 valence electrons. The van der Waals surface area contributed by atoms with Crippen LogP contribution in [0.3, 0.4) is 0 Å². The quantitative estimate of drug-likeness (QED) is 0.738. The second-order valence-corrected chi connectivity index (χ2v) is 3.66. The van der Waals surface area contributed by atoms with Gasteiger partial charge in [0.2, 0.25) is 0 Å². The molecule has 1 saturated carbocycles. The zero-order chi connectivity index (χ0) is 10.4. The predicted molar refractivity (Wildman–Crippen MR) is 56.4 cm³/mol. The highest BCUT2D eigenvalue weighted by molar-refractivity contribution is 5.06. The molecule has 0 atom stereocenters. The number of hydrogen-bond acceptors (Lipinski definition) is 2. The van der Waals surface area contributed by atoms with E-state index in [9.17, 15) is 0 Å². The van der Waals surface area contributed by atoms with Crippen molar-refractivity contribution in [3.05, 3.63) is 24.5 Å². The molecule has 0 spiro atoms. The average molecular weight is 197 g/mol. The van der Waals surface area contributed by atoms with Crippen molar-refractivity contribution in [2.45, 2.75) is 18.4 Å². The van der Waals surface area contributed by atoms with Gasteiger partial charge in [-0.25, -0.2) is 0 Å². The third-order valence-corrected chi connectivity index (χ3v) is 2.39. The van der Waals surface area contributed by atoms with Gasteiger partial charge in [-0.15, -0.1) is 0 Å². The summed E-state index contributed by atoms with van der Waals surface area (Å²) in [6.45, 7) is 0.849.